The molecule has 4 aromatic rings. The van der Waals surface area contributed by atoms with Crippen LogP contribution in [0.4, 0.5) is 0 Å². The molecule has 174 valence electrons. The molecule has 5 rings (SSSR count). The molecule has 2 aromatic carbocycles. The van der Waals surface area contributed by atoms with E-state index in [4.69, 9.17) is 11.6 Å². The van der Waals surface area contributed by atoms with Crippen LogP contribution in [-0.2, 0) is 24.3 Å². The Kier molecular flexibility index (Phi) is 6.00. The van der Waals surface area contributed by atoms with Crippen molar-refractivity contribution in [2.24, 2.45) is 0 Å². The van der Waals surface area contributed by atoms with Gasteiger partial charge in [0.1, 0.15) is 6.54 Å². The summed E-state index contributed by atoms with van der Waals surface area (Å²) in [6.07, 6.45) is 4.65. The Balaban J connectivity index is 1.41. The normalized spacial score (nSPS) is 15.3. The number of benzene rings is 2. The third-order valence-electron chi connectivity index (χ3n) is 6.89. The Morgan fingerprint density at radius 3 is 2.71 bits per heavy atom. The van der Waals surface area contributed by atoms with Crippen molar-refractivity contribution < 1.29 is 4.79 Å². The van der Waals surface area contributed by atoms with E-state index in [9.17, 15) is 9.59 Å². The lowest BCUT2D eigenvalue weighted by Gasteiger charge is -2.26. The maximum atomic E-state index is 13.3. The Labute approximate surface area is 203 Å². The fraction of sp³-hybridized carbons (Fsp3) is 0.296. The van der Waals surface area contributed by atoms with Crippen molar-refractivity contribution in [2.45, 2.75) is 52.2 Å². The first-order valence-electron chi connectivity index (χ1n) is 11.6. The molecule has 2 aromatic heterocycles. The number of hydrogen-bond acceptors (Lipinski definition) is 3. The highest BCUT2D eigenvalue weighted by Crippen LogP contribution is 2.29. The van der Waals surface area contributed by atoms with Crippen LogP contribution in [-0.4, -0.2) is 20.3 Å². The summed E-state index contributed by atoms with van der Waals surface area (Å²) in [6.45, 7) is 4.36. The average molecular weight is 475 g/mol. The number of carbonyl (C=O) groups is 1. The van der Waals surface area contributed by atoms with E-state index in [1.807, 2.05) is 50.2 Å². The number of carbonyl (C=O) groups excluding carboxylic acids is 1. The quantitative estimate of drug-likeness (QED) is 0.455. The lowest BCUT2D eigenvalue weighted by atomic mass is 9.88. The Morgan fingerprint density at radius 2 is 1.88 bits per heavy atom. The number of nitrogens with one attached hydrogen (secondary N) is 1. The summed E-state index contributed by atoms with van der Waals surface area (Å²) >= 11 is 6.37. The zero-order chi connectivity index (χ0) is 23.8. The van der Waals surface area contributed by atoms with Crippen LogP contribution in [0.5, 0.6) is 0 Å². The lowest BCUT2D eigenvalue weighted by Crippen LogP contribution is -2.36. The predicted molar refractivity (Wildman–Crippen MR) is 134 cm³/mol. The first-order valence-corrected chi connectivity index (χ1v) is 12.0. The van der Waals surface area contributed by atoms with Gasteiger partial charge in [-0.25, -0.2) is 4.68 Å². The summed E-state index contributed by atoms with van der Waals surface area (Å²) in [6, 6.07) is 15.9. The average Bonchev–Trinajstić information content (AvgIpc) is 3.07. The van der Waals surface area contributed by atoms with Crippen molar-refractivity contribution in [3.63, 3.8) is 0 Å². The van der Waals surface area contributed by atoms with Gasteiger partial charge in [-0.05, 0) is 55.9 Å². The van der Waals surface area contributed by atoms with Gasteiger partial charge in [0.15, 0.2) is 0 Å². The number of rotatable bonds is 5. The van der Waals surface area contributed by atoms with E-state index in [1.54, 1.807) is 6.20 Å². The minimum Gasteiger partial charge on any atom is -0.348 e. The third kappa shape index (κ3) is 4.03. The molecule has 1 N–H and O–H groups in total. The van der Waals surface area contributed by atoms with Gasteiger partial charge in [0.25, 0.3) is 5.56 Å². The number of fused-ring (bicyclic) bond motifs is 2. The molecule has 1 aliphatic rings. The molecule has 7 heteroatoms. The predicted octanol–water partition coefficient (Wildman–Crippen LogP) is 4.71. The van der Waals surface area contributed by atoms with Gasteiger partial charge in [-0.15, -0.1) is 0 Å². The Bertz CT molecular complexity index is 1450. The van der Waals surface area contributed by atoms with Gasteiger partial charge in [0.05, 0.1) is 17.6 Å². The van der Waals surface area contributed by atoms with Crippen LogP contribution >= 0.6 is 11.6 Å². The van der Waals surface area contributed by atoms with Crippen molar-refractivity contribution in [1.29, 1.82) is 0 Å². The molecular weight excluding hydrogens is 448 g/mol. The maximum Gasteiger partial charge on any atom is 0.276 e. The van der Waals surface area contributed by atoms with Crippen LogP contribution < -0.4 is 10.9 Å². The number of halogens is 1. The monoisotopic (exact) mass is 474 g/mol. The number of aromatic nitrogens is 3. The van der Waals surface area contributed by atoms with Crippen LogP contribution in [0, 0.1) is 13.8 Å². The van der Waals surface area contributed by atoms with Gasteiger partial charge in [0, 0.05) is 28.3 Å². The van der Waals surface area contributed by atoms with Crippen molar-refractivity contribution in [2.75, 3.05) is 0 Å². The fourth-order valence-electron chi connectivity index (χ4n) is 5.07. The lowest BCUT2D eigenvalue weighted by molar-refractivity contribution is -0.122. The molecule has 0 saturated heterocycles. The standard InChI is InChI=1S/C27H27ClN4O2/c1-17-22-14-29-32(16-25(33)30-24-13-7-10-19-8-3-5-11-21(19)24)27(34)26(22)18(2)31(17)15-20-9-4-6-12-23(20)28/h3-6,8-9,11-12,14,24H,7,10,13,15-16H2,1-2H3,(H,30,33)/t24-/m0/s1. The molecule has 0 radical (unpaired) electrons. The Morgan fingerprint density at radius 1 is 1.12 bits per heavy atom. The SMILES string of the molecule is Cc1c2cnn(CC(=O)N[C@H]3CCCc4ccccc43)c(=O)c2c(C)n1Cc1ccccc1Cl. The summed E-state index contributed by atoms with van der Waals surface area (Å²) in [5.74, 6) is -0.208. The highest BCUT2D eigenvalue weighted by molar-refractivity contribution is 6.31. The van der Waals surface area contributed by atoms with Gasteiger partial charge in [-0.3, -0.25) is 9.59 Å². The van der Waals surface area contributed by atoms with Gasteiger partial charge in [0.2, 0.25) is 5.91 Å². The van der Waals surface area contributed by atoms with E-state index in [2.05, 4.69) is 27.1 Å². The van der Waals surface area contributed by atoms with Gasteiger partial charge < -0.3 is 9.88 Å². The first-order chi connectivity index (χ1) is 16.4. The van der Waals surface area contributed by atoms with Gasteiger partial charge in [-0.2, -0.15) is 5.10 Å². The summed E-state index contributed by atoms with van der Waals surface area (Å²) in [4.78, 5) is 26.2. The highest BCUT2D eigenvalue weighted by atomic mass is 35.5. The Hall–Kier alpha value is -3.38. The molecule has 34 heavy (non-hydrogen) atoms. The van der Waals surface area contributed by atoms with Gasteiger partial charge >= 0.3 is 0 Å². The summed E-state index contributed by atoms with van der Waals surface area (Å²) in [5.41, 5.74) is 4.97. The van der Waals surface area contributed by atoms with E-state index in [0.29, 0.717) is 17.0 Å². The molecule has 0 unspecified atom stereocenters. The summed E-state index contributed by atoms with van der Waals surface area (Å²) in [7, 11) is 0. The van der Waals surface area contributed by atoms with E-state index in [0.717, 1.165) is 41.6 Å². The largest absolute Gasteiger partial charge is 0.348 e. The number of hydrogen-bond donors (Lipinski definition) is 1. The first kappa shape index (κ1) is 22.4. The minimum atomic E-state index is -0.254. The molecule has 1 aliphatic carbocycles. The highest BCUT2D eigenvalue weighted by Gasteiger charge is 2.23. The second-order valence-corrected chi connectivity index (χ2v) is 9.36. The number of aryl methyl sites for hydroxylation is 3. The van der Waals surface area contributed by atoms with Crippen LogP contribution in [0.25, 0.3) is 10.8 Å². The third-order valence-corrected chi connectivity index (χ3v) is 7.26. The molecule has 1 amide bonds. The summed E-state index contributed by atoms with van der Waals surface area (Å²) < 4.78 is 3.34. The van der Waals surface area contributed by atoms with E-state index < -0.39 is 0 Å². The van der Waals surface area contributed by atoms with Crippen molar-refractivity contribution in [1.82, 2.24) is 19.7 Å². The van der Waals surface area contributed by atoms with Crippen molar-refractivity contribution >= 4 is 28.3 Å². The zero-order valence-corrected chi connectivity index (χ0v) is 20.1. The molecule has 2 heterocycles. The molecule has 1 atom stereocenters. The van der Waals surface area contributed by atoms with Crippen molar-refractivity contribution in [3.05, 3.63) is 98.2 Å². The van der Waals surface area contributed by atoms with Gasteiger partial charge in [-0.1, -0.05) is 54.1 Å². The molecule has 6 nitrogen and oxygen atoms in total. The van der Waals surface area contributed by atoms with Crippen LogP contribution in [0.2, 0.25) is 5.02 Å². The molecule has 0 saturated carbocycles. The molecule has 0 spiro atoms. The van der Waals surface area contributed by atoms with Crippen molar-refractivity contribution in [3.8, 4) is 0 Å². The van der Waals surface area contributed by atoms with E-state index in [-0.39, 0.29) is 24.1 Å². The van der Waals surface area contributed by atoms with E-state index >= 15 is 0 Å². The van der Waals surface area contributed by atoms with Crippen LogP contribution in [0.1, 0.15) is 47.0 Å². The summed E-state index contributed by atoms with van der Waals surface area (Å²) in [5, 5.41) is 9.52. The number of nitrogens with zero attached hydrogens (tertiary/aromatic N) is 3. The smallest absolute Gasteiger partial charge is 0.276 e. The van der Waals surface area contributed by atoms with Crippen LogP contribution in [0.3, 0.4) is 0 Å². The van der Waals surface area contributed by atoms with E-state index in [1.165, 1.54) is 15.8 Å². The molecule has 0 fully saturated rings. The zero-order valence-electron chi connectivity index (χ0n) is 19.3. The molecule has 0 bridgehead atoms. The second-order valence-electron chi connectivity index (χ2n) is 8.96. The fourth-order valence-corrected chi connectivity index (χ4v) is 5.27. The number of amides is 1. The topological polar surface area (TPSA) is 68.9 Å². The minimum absolute atomic E-state index is 0.0300. The van der Waals surface area contributed by atoms with Crippen LogP contribution in [0.15, 0.2) is 59.5 Å². The maximum absolute atomic E-state index is 13.3. The molecular formula is C27H27ClN4O2. The molecule has 0 aliphatic heterocycles. The second kappa shape index (κ2) is 9.11.